The molecule has 23 heavy (non-hydrogen) atoms. The Labute approximate surface area is 139 Å². The van der Waals surface area contributed by atoms with Crippen molar-refractivity contribution in [3.8, 4) is 10.6 Å². The predicted molar refractivity (Wildman–Crippen MR) is 92.6 cm³/mol. The summed E-state index contributed by atoms with van der Waals surface area (Å²) in [5.41, 5.74) is 3.67. The molecule has 0 atom stereocenters. The maximum atomic E-state index is 12.1. The van der Waals surface area contributed by atoms with Crippen LogP contribution in [0.3, 0.4) is 0 Å². The van der Waals surface area contributed by atoms with Crippen molar-refractivity contribution in [2.75, 3.05) is 6.54 Å². The third-order valence-corrected chi connectivity index (χ3v) is 4.32. The lowest BCUT2D eigenvalue weighted by Crippen LogP contribution is -2.26. The Morgan fingerprint density at radius 3 is 2.74 bits per heavy atom. The van der Waals surface area contributed by atoms with E-state index < -0.39 is 0 Å². The minimum atomic E-state index is -0.143. The van der Waals surface area contributed by atoms with Crippen molar-refractivity contribution >= 4 is 17.2 Å². The smallest absolute Gasteiger partial charge is 0.270 e. The maximum Gasteiger partial charge on any atom is 0.270 e. The Morgan fingerprint density at radius 1 is 1.17 bits per heavy atom. The average molecular weight is 323 g/mol. The molecule has 1 N–H and O–H groups in total. The number of amides is 1. The summed E-state index contributed by atoms with van der Waals surface area (Å²) in [6.07, 6.45) is 2.47. The molecule has 1 amide bonds. The van der Waals surface area contributed by atoms with Crippen LogP contribution in [-0.2, 0) is 6.42 Å². The van der Waals surface area contributed by atoms with Crippen LogP contribution in [0.2, 0.25) is 0 Å². The van der Waals surface area contributed by atoms with Crippen LogP contribution >= 0.6 is 11.3 Å². The van der Waals surface area contributed by atoms with Gasteiger partial charge in [0.25, 0.3) is 5.91 Å². The van der Waals surface area contributed by atoms with Gasteiger partial charge < -0.3 is 5.32 Å². The molecule has 0 aliphatic heterocycles. The van der Waals surface area contributed by atoms with Gasteiger partial charge in [0.15, 0.2) is 0 Å². The van der Waals surface area contributed by atoms with Crippen molar-refractivity contribution < 1.29 is 4.79 Å². The van der Waals surface area contributed by atoms with Crippen LogP contribution < -0.4 is 5.32 Å². The first-order valence-corrected chi connectivity index (χ1v) is 8.31. The molecule has 0 bridgehead atoms. The summed E-state index contributed by atoms with van der Waals surface area (Å²) in [5, 5.41) is 5.54. The van der Waals surface area contributed by atoms with Crippen LogP contribution in [0.5, 0.6) is 0 Å². The molecule has 4 nitrogen and oxygen atoms in total. The molecule has 3 rings (SSSR count). The summed E-state index contributed by atoms with van der Waals surface area (Å²) in [6.45, 7) is 2.60. The van der Waals surface area contributed by atoms with Crippen LogP contribution in [0.1, 0.15) is 21.7 Å². The summed E-state index contributed by atoms with van der Waals surface area (Å²) >= 11 is 1.48. The van der Waals surface area contributed by atoms with Crippen molar-refractivity contribution in [1.29, 1.82) is 0 Å². The summed E-state index contributed by atoms with van der Waals surface area (Å²) in [7, 11) is 0. The van der Waals surface area contributed by atoms with Gasteiger partial charge in [-0.2, -0.15) is 0 Å². The fraction of sp³-hybridized carbons (Fsp3) is 0.167. The van der Waals surface area contributed by atoms with Gasteiger partial charge in [-0.3, -0.25) is 9.78 Å². The molecule has 3 aromatic rings. The SMILES string of the molecule is Cc1ccc(-c2nc(C(=O)NCCc3ccccn3)cs2)cc1. The number of hydrogen-bond donors (Lipinski definition) is 1. The van der Waals surface area contributed by atoms with E-state index >= 15 is 0 Å². The van der Waals surface area contributed by atoms with Gasteiger partial charge in [0, 0.05) is 35.8 Å². The number of thiazole rings is 1. The first-order chi connectivity index (χ1) is 11.2. The Balaban J connectivity index is 1.59. The second-order valence-electron chi connectivity index (χ2n) is 5.23. The number of carbonyl (C=O) groups excluding carboxylic acids is 1. The molecule has 0 saturated heterocycles. The van der Waals surface area contributed by atoms with Crippen LogP contribution in [0.4, 0.5) is 0 Å². The number of hydrogen-bond acceptors (Lipinski definition) is 4. The molecule has 0 fully saturated rings. The first-order valence-electron chi connectivity index (χ1n) is 7.43. The number of aryl methyl sites for hydroxylation is 1. The molecule has 2 heterocycles. The molecular weight excluding hydrogens is 306 g/mol. The first kappa shape index (κ1) is 15.4. The normalized spacial score (nSPS) is 10.5. The van der Waals surface area contributed by atoms with Crippen molar-refractivity contribution in [2.45, 2.75) is 13.3 Å². The van der Waals surface area contributed by atoms with Crippen molar-refractivity contribution in [3.63, 3.8) is 0 Å². The zero-order chi connectivity index (χ0) is 16.1. The summed E-state index contributed by atoms with van der Waals surface area (Å²) in [4.78, 5) is 20.8. The van der Waals surface area contributed by atoms with Gasteiger partial charge in [0.1, 0.15) is 10.7 Å². The average Bonchev–Trinajstić information content (AvgIpc) is 3.06. The van der Waals surface area contributed by atoms with E-state index in [1.807, 2.05) is 49.4 Å². The van der Waals surface area contributed by atoms with Crippen molar-refractivity contribution in [1.82, 2.24) is 15.3 Å². The third-order valence-electron chi connectivity index (χ3n) is 3.43. The van der Waals surface area contributed by atoms with Gasteiger partial charge in [-0.15, -0.1) is 11.3 Å². The summed E-state index contributed by atoms with van der Waals surface area (Å²) in [5.74, 6) is -0.143. The summed E-state index contributed by atoms with van der Waals surface area (Å²) in [6, 6.07) is 13.9. The van der Waals surface area contributed by atoms with Crippen LogP contribution in [0.15, 0.2) is 54.0 Å². The molecule has 1 aromatic carbocycles. The minimum Gasteiger partial charge on any atom is -0.350 e. The van der Waals surface area contributed by atoms with E-state index in [2.05, 4.69) is 15.3 Å². The molecule has 116 valence electrons. The highest BCUT2D eigenvalue weighted by atomic mass is 32.1. The Hall–Kier alpha value is -2.53. The molecule has 0 saturated carbocycles. The van der Waals surface area contributed by atoms with Gasteiger partial charge >= 0.3 is 0 Å². The lowest BCUT2D eigenvalue weighted by molar-refractivity contribution is 0.0950. The quantitative estimate of drug-likeness (QED) is 0.782. The van der Waals surface area contributed by atoms with Crippen molar-refractivity contribution in [2.24, 2.45) is 0 Å². The largest absolute Gasteiger partial charge is 0.350 e. The highest BCUT2D eigenvalue weighted by Crippen LogP contribution is 2.23. The zero-order valence-electron chi connectivity index (χ0n) is 12.8. The van der Waals surface area contributed by atoms with Gasteiger partial charge in [0.2, 0.25) is 0 Å². The number of rotatable bonds is 5. The Kier molecular flexibility index (Phi) is 4.78. The molecule has 0 unspecified atom stereocenters. The zero-order valence-corrected chi connectivity index (χ0v) is 13.6. The van der Waals surface area contributed by atoms with E-state index in [0.717, 1.165) is 16.3 Å². The number of aromatic nitrogens is 2. The molecule has 2 aromatic heterocycles. The number of benzene rings is 1. The lowest BCUT2D eigenvalue weighted by Gasteiger charge is -2.02. The van der Waals surface area contributed by atoms with Crippen LogP contribution in [0, 0.1) is 6.92 Å². The van der Waals surface area contributed by atoms with E-state index in [0.29, 0.717) is 18.7 Å². The molecule has 0 aliphatic rings. The molecule has 0 aliphatic carbocycles. The van der Waals surface area contributed by atoms with E-state index in [9.17, 15) is 4.79 Å². The van der Waals surface area contributed by atoms with E-state index in [1.165, 1.54) is 16.9 Å². The highest BCUT2D eigenvalue weighted by molar-refractivity contribution is 7.13. The second kappa shape index (κ2) is 7.15. The lowest BCUT2D eigenvalue weighted by atomic mass is 10.2. The number of carbonyl (C=O) groups is 1. The molecule has 5 heteroatoms. The molecule has 0 spiro atoms. The summed E-state index contributed by atoms with van der Waals surface area (Å²) < 4.78 is 0. The van der Waals surface area contributed by atoms with E-state index in [4.69, 9.17) is 0 Å². The standard InChI is InChI=1S/C18H17N3OS/c1-13-5-7-14(8-6-13)18-21-16(12-23-18)17(22)20-11-9-15-4-2-3-10-19-15/h2-8,10,12H,9,11H2,1H3,(H,20,22). The predicted octanol–water partition coefficient (Wildman–Crippen LogP) is 3.49. The Morgan fingerprint density at radius 2 is 2.00 bits per heavy atom. The number of pyridine rings is 1. The van der Waals surface area contributed by atoms with Gasteiger partial charge in [-0.1, -0.05) is 35.9 Å². The minimum absolute atomic E-state index is 0.143. The van der Waals surface area contributed by atoms with Crippen molar-refractivity contribution in [3.05, 3.63) is 71.0 Å². The van der Waals surface area contributed by atoms with E-state index in [-0.39, 0.29) is 5.91 Å². The molecule has 0 radical (unpaired) electrons. The topological polar surface area (TPSA) is 54.9 Å². The maximum absolute atomic E-state index is 12.1. The fourth-order valence-corrected chi connectivity index (χ4v) is 2.95. The highest BCUT2D eigenvalue weighted by Gasteiger charge is 2.11. The fourth-order valence-electron chi connectivity index (χ4n) is 2.15. The third kappa shape index (κ3) is 4.02. The number of nitrogens with zero attached hydrogens (tertiary/aromatic N) is 2. The Bertz CT molecular complexity index is 782. The molecular formula is C18H17N3OS. The van der Waals surface area contributed by atoms with Gasteiger partial charge in [-0.05, 0) is 19.1 Å². The van der Waals surface area contributed by atoms with E-state index in [1.54, 1.807) is 11.6 Å². The number of nitrogens with one attached hydrogen (secondary N) is 1. The van der Waals surface area contributed by atoms with Gasteiger partial charge in [-0.25, -0.2) is 4.98 Å². The van der Waals surface area contributed by atoms with Crippen LogP contribution in [0.25, 0.3) is 10.6 Å². The second-order valence-corrected chi connectivity index (χ2v) is 6.09. The monoisotopic (exact) mass is 323 g/mol. The van der Waals surface area contributed by atoms with Gasteiger partial charge in [0.05, 0.1) is 0 Å². The van der Waals surface area contributed by atoms with Crippen LogP contribution in [-0.4, -0.2) is 22.4 Å².